The van der Waals surface area contributed by atoms with E-state index in [1.165, 1.54) is 6.07 Å². The minimum absolute atomic E-state index is 0.207. The molecule has 96 valence electrons. The van der Waals surface area contributed by atoms with Gasteiger partial charge in [-0.2, -0.15) is 5.10 Å². The van der Waals surface area contributed by atoms with Crippen molar-refractivity contribution in [2.75, 3.05) is 6.54 Å². The summed E-state index contributed by atoms with van der Waals surface area (Å²) < 4.78 is 15.7. The fourth-order valence-corrected chi connectivity index (χ4v) is 2.10. The zero-order valence-corrected chi connectivity index (χ0v) is 10.6. The number of halogens is 1. The van der Waals surface area contributed by atoms with E-state index in [4.69, 9.17) is 5.73 Å². The number of rotatable bonds is 5. The molecule has 0 amide bonds. The number of nitrogens with two attached hydrogens (primary N) is 1. The monoisotopic (exact) mass is 247 g/mol. The lowest BCUT2D eigenvalue weighted by Gasteiger charge is -2.09. The van der Waals surface area contributed by atoms with Crippen molar-refractivity contribution in [3.05, 3.63) is 41.8 Å². The molecule has 2 aromatic rings. The van der Waals surface area contributed by atoms with E-state index in [9.17, 15) is 4.39 Å². The molecule has 0 unspecified atom stereocenters. The molecule has 0 saturated carbocycles. The van der Waals surface area contributed by atoms with Crippen LogP contribution in [0.25, 0.3) is 11.3 Å². The Labute approximate surface area is 106 Å². The molecule has 4 heteroatoms. The number of benzene rings is 1. The maximum Gasteiger partial charge on any atom is 0.132 e. The highest BCUT2D eigenvalue weighted by Gasteiger charge is 2.14. The Balaban J connectivity index is 2.47. The molecule has 2 rings (SSSR count). The van der Waals surface area contributed by atoms with E-state index < -0.39 is 0 Å². The zero-order chi connectivity index (χ0) is 13.0. The number of aromatic nitrogens is 2. The summed E-state index contributed by atoms with van der Waals surface area (Å²) in [5.74, 6) is -0.207. The van der Waals surface area contributed by atoms with Gasteiger partial charge in [0.1, 0.15) is 5.82 Å². The van der Waals surface area contributed by atoms with Gasteiger partial charge in [0, 0.05) is 12.1 Å². The summed E-state index contributed by atoms with van der Waals surface area (Å²) in [5, 5.41) is 4.31. The van der Waals surface area contributed by atoms with E-state index in [0.717, 1.165) is 30.6 Å². The van der Waals surface area contributed by atoms with Gasteiger partial charge in [-0.05, 0) is 44.0 Å². The number of hydrogen-bond acceptors (Lipinski definition) is 2. The average Bonchev–Trinajstić information content (AvgIpc) is 2.79. The molecule has 2 N–H and O–H groups in total. The molecule has 0 aliphatic heterocycles. The van der Waals surface area contributed by atoms with Gasteiger partial charge >= 0.3 is 0 Å². The Morgan fingerprint density at radius 2 is 2.11 bits per heavy atom. The molecule has 0 aliphatic rings. The minimum atomic E-state index is -0.207. The van der Waals surface area contributed by atoms with Gasteiger partial charge in [0.25, 0.3) is 0 Å². The summed E-state index contributed by atoms with van der Waals surface area (Å²) in [6.45, 7) is 3.37. The van der Waals surface area contributed by atoms with Crippen LogP contribution in [-0.4, -0.2) is 16.3 Å². The van der Waals surface area contributed by atoms with Crippen LogP contribution in [0.1, 0.15) is 18.9 Å². The molecule has 18 heavy (non-hydrogen) atoms. The molecule has 0 fully saturated rings. The summed E-state index contributed by atoms with van der Waals surface area (Å²) >= 11 is 0. The maximum atomic E-state index is 13.9. The van der Waals surface area contributed by atoms with Crippen molar-refractivity contribution in [3.63, 3.8) is 0 Å². The predicted molar refractivity (Wildman–Crippen MR) is 70.7 cm³/mol. The van der Waals surface area contributed by atoms with Crippen LogP contribution in [0.2, 0.25) is 0 Å². The smallest absolute Gasteiger partial charge is 0.132 e. The molecule has 0 aliphatic carbocycles. The summed E-state index contributed by atoms with van der Waals surface area (Å²) in [5.41, 5.74) is 8.09. The first kappa shape index (κ1) is 12.8. The topological polar surface area (TPSA) is 43.8 Å². The third-order valence-electron chi connectivity index (χ3n) is 2.99. The quantitative estimate of drug-likeness (QED) is 0.882. The van der Waals surface area contributed by atoms with Gasteiger partial charge in [-0.15, -0.1) is 0 Å². The van der Waals surface area contributed by atoms with Gasteiger partial charge < -0.3 is 5.73 Å². The second-order valence-corrected chi connectivity index (χ2v) is 4.21. The number of hydrogen-bond donors (Lipinski definition) is 1. The average molecular weight is 247 g/mol. The molecular formula is C14H18FN3. The van der Waals surface area contributed by atoms with E-state index in [1.807, 2.05) is 23.9 Å². The van der Waals surface area contributed by atoms with Gasteiger partial charge in [-0.25, -0.2) is 4.39 Å². The van der Waals surface area contributed by atoms with Crippen LogP contribution in [0.15, 0.2) is 30.5 Å². The second kappa shape index (κ2) is 5.78. The van der Waals surface area contributed by atoms with Crippen LogP contribution < -0.4 is 5.73 Å². The first-order chi connectivity index (χ1) is 8.77. The highest BCUT2D eigenvalue weighted by Crippen LogP contribution is 2.27. The molecule has 0 bridgehead atoms. The first-order valence-electron chi connectivity index (χ1n) is 6.27. The third-order valence-corrected chi connectivity index (χ3v) is 2.99. The Morgan fingerprint density at radius 3 is 2.78 bits per heavy atom. The minimum Gasteiger partial charge on any atom is -0.330 e. The summed E-state index contributed by atoms with van der Waals surface area (Å²) in [6.07, 6.45) is 3.54. The molecule has 0 atom stereocenters. The summed E-state index contributed by atoms with van der Waals surface area (Å²) in [6, 6.07) is 6.82. The van der Waals surface area contributed by atoms with E-state index >= 15 is 0 Å². The van der Waals surface area contributed by atoms with Crippen LogP contribution in [0.5, 0.6) is 0 Å². The molecule has 0 radical (unpaired) electrons. The van der Waals surface area contributed by atoms with Crippen molar-refractivity contribution in [2.24, 2.45) is 5.73 Å². The molecule has 1 aromatic heterocycles. The number of nitrogens with zero attached hydrogens (tertiary/aromatic N) is 2. The van der Waals surface area contributed by atoms with Crippen molar-refractivity contribution in [3.8, 4) is 11.3 Å². The highest BCUT2D eigenvalue weighted by molar-refractivity contribution is 5.64. The van der Waals surface area contributed by atoms with Gasteiger partial charge in [0.05, 0.1) is 11.9 Å². The lowest BCUT2D eigenvalue weighted by molar-refractivity contribution is 0.621. The van der Waals surface area contributed by atoms with Crippen LogP contribution in [0.3, 0.4) is 0 Å². The van der Waals surface area contributed by atoms with Gasteiger partial charge in [-0.3, -0.25) is 4.68 Å². The Morgan fingerprint density at radius 1 is 1.33 bits per heavy atom. The molecule has 0 spiro atoms. The fourth-order valence-electron chi connectivity index (χ4n) is 2.10. The fraction of sp³-hybridized carbons (Fsp3) is 0.357. The largest absolute Gasteiger partial charge is 0.330 e. The van der Waals surface area contributed by atoms with Gasteiger partial charge in [-0.1, -0.05) is 12.1 Å². The van der Waals surface area contributed by atoms with E-state index in [1.54, 1.807) is 12.1 Å². The lowest BCUT2D eigenvalue weighted by Crippen LogP contribution is -2.03. The zero-order valence-electron chi connectivity index (χ0n) is 10.6. The van der Waals surface area contributed by atoms with Crippen molar-refractivity contribution < 1.29 is 4.39 Å². The summed E-state index contributed by atoms with van der Waals surface area (Å²) in [7, 11) is 0. The Bertz CT molecular complexity index is 520. The van der Waals surface area contributed by atoms with Crippen LogP contribution in [0.4, 0.5) is 4.39 Å². The van der Waals surface area contributed by atoms with Crippen molar-refractivity contribution in [1.29, 1.82) is 0 Å². The Hall–Kier alpha value is -1.68. The van der Waals surface area contributed by atoms with Crippen molar-refractivity contribution >= 4 is 0 Å². The molecule has 1 aromatic carbocycles. The lowest BCUT2D eigenvalue weighted by atomic mass is 10.0. The third kappa shape index (κ3) is 2.43. The maximum absolute atomic E-state index is 13.9. The van der Waals surface area contributed by atoms with E-state index in [0.29, 0.717) is 12.1 Å². The van der Waals surface area contributed by atoms with E-state index in [-0.39, 0.29) is 5.82 Å². The van der Waals surface area contributed by atoms with Crippen LogP contribution >= 0.6 is 0 Å². The van der Waals surface area contributed by atoms with Crippen molar-refractivity contribution in [2.45, 2.75) is 26.3 Å². The first-order valence-corrected chi connectivity index (χ1v) is 6.27. The standard InChI is InChI=1S/C14H18FN3/c1-2-18-14(11(10-17-18)6-5-9-16)12-7-3-4-8-13(12)15/h3-4,7-8,10H,2,5-6,9,16H2,1H3. The normalized spacial score (nSPS) is 10.8. The van der Waals surface area contributed by atoms with E-state index in [2.05, 4.69) is 5.10 Å². The second-order valence-electron chi connectivity index (χ2n) is 4.21. The van der Waals surface area contributed by atoms with Crippen LogP contribution in [0, 0.1) is 5.82 Å². The SMILES string of the molecule is CCn1ncc(CCCN)c1-c1ccccc1F. The highest BCUT2D eigenvalue weighted by atomic mass is 19.1. The number of aryl methyl sites for hydroxylation is 2. The van der Waals surface area contributed by atoms with Crippen LogP contribution in [-0.2, 0) is 13.0 Å². The van der Waals surface area contributed by atoms with Gasteiger partial charge in [0.2, 0.25) is 0 Å². The predicted octanol–water partition coefficient (Wildman–Crippen LogP) is 2.60. The molecule has 0 saturated heterocycles. The molecule has 1 heterocycles. The van der Waals surface area contributed by atoms with Gasteiger partial charge in [0.15, 0.2) is 0 Å². The van der Waals surface area contributed by atoms with Crippen molar-refractivity contribution in [1.82, 2.24) is 9.78 Å². The molecule has 3 nitrogen and oxygen atoms in total. The summed E-state index contributed by atoms with van der Waals surface area (Å²) in [4.78, 5) is 0. The Kier molecular flexibility index (Phi) is 4.10. The molecular weight excluding hydrogens is 229 g/mol.